The Morgan fingerprint density at radius 1 is 1.35 bits per heavy atom. The number of nitrogens with one attached hydrogen (secondary N) is 1. The van der Waals surface area contributed by atoms with Gasteiger partial charge in [0.1, 0.15) is 10.0 Å². The minimum atomic E-state index is 0.223. The second kappa shape index (κ2) is 5.12. The van der Waals surface area contributed by atoms with Gasteiger partial charge >= 0.3 is 0 Å². The summed E-state index contributed by atoms with van der Waals surface area (Å²) in [5.74, 6) is 0. The minimum Gasteiger partial charge on any atom is -0.311 e. The van der Waals surface area contributed by atoms with Crippen molar-refractivity contribution < 1.29 is 0 Å². The van der Waals surface area contributed by atoms with E-state index in [1.54, 1.807) is 11.3 Å². The first kappa shape index (κ1) is 12.5. The molecular formula is C12H14ClN3S. The van der Waals surface area contributed by atoms with Gasteiger partial charge in [-0.05, 0) is 32.5 Å². The molecule has 0 bridgehead atoms. The van der Waals surface area contributed by atoms with Gasteiger partial charge in [-0.2, -0.15) is 0 Å². The van der Waals surface area contributed by atoms with Gasteiger partial charge in [-0.3, -0.25) is 0 Å². The van der Waals surface area contributed by atoms with Gasteiger partial charge in [-0.15, -0.1) is 10.2 Å². The lowest BCUT2D eigenvalue weighted by molar-refractivity contribution is 0.640. The third-order valence-electron chi connectivity index (χ3n) is 2.74. The van der Waals surface area contributed by atoms with Crippen molar-refractivity contribution in [3.63, 3.8) is 0 Å². The lowest BCUT2D eigenvalue weighted by atomic mass is 10.1. The van der Waals surface area contributed by atoms with Crippen molar-refractivity contribution in [1.29, 1.82) is 0 Å². The Bertz CT molecular complexity index is 524. The molecule has 2 aromatic rings. The van der Waals surface area contributed by atoms with E-state index < -0.39 is 0 Å². The van der Waals surface area contributed by atoms with Crippen LogP contribution in [0.4, 0.5) is 0 Å². The maximum absolute atomic E-state index is 6.10. The molecule has 1 atom stereocenters. The fourth-order valence-electron chi connectivity index (χ4n) is 1.48. The molecule has 1 N–H and O–H groups in total. The topological polar surface area (TPSA) is 37.8 Å². The number of rotatable bonds is 3. The van der Waals surface area contributed by atoms with E-state index in [2.05, 4.69) is 22.4 Å². The number of hydrogen-bond acceptors (Lipinski definition) is 4. The number of halogens is 1. The lowest BCUT2D eigenvalue weighted by Crippen LogP contribution is -2.11. The molecule has 0 radical (unpaired) electrons. The molecule has 0 amide bonds. The van der Waals surface area contributed by atoms with Crippen molar-refractivity contribution in [3.05, 3.63) is 33.8 Å². The van der Waals surface area contributed by atoms with Crippen molar-refractivity contribution in [2.75, 3.05) is 7.05 Å². The number of aromatic nitrogens is 2. The highest BCUT2D eigenvalue weighted by Gasteiger charge is 2.13. The summed E-state index contributed by atoms with van der Waals surface area (Å²) in [4.78, 5) is 0. The van der Waals surface area contributed by atoms with Gasteiger partial charge < -0.3 is 5.32 Å². The van der Waals surface area contributed by atoms with Crippen molar-refractivity contribution >= 4 is 22.9 Å². The molecule has 1 unspecified atom stereocenters. The van der Waals surface area contributed by atoms with Crippen LogP contribution >= 0.6 is 22.9 Å². The second-order valence-corrected chi connectivity index (χ2v) is 5.28. The van der Waals surface area contributed by atoms with Gasteiger partial charge in [0.2, 0.25) is 0 Å². The zero-order valence-corrected chi connectivity index (χ0v) is 11.6. The van der Waals surface area contributed by atoms with Crippen LogP contribution < -0.4 is 5.32 Å². The van der Waals surface area contributed by atoms with Crippen LogP contribution in [0.15, 0.2) is 18.2 Å². The normalized spacial score (nSPS) is 12.7. The van der Waals surface area contributed by atoms with Crippen LogP contribution in [0, 0.1) is 6.92 Å². The van der Waals surface area contributed by atoms with Gasteiger partial charge in [-0.25, -0.2) is 0 Å². The van der Waals surface area contributed by atoms with Gasteiger partial charge in [0, 0.05) is 10.6 Å². The van der Waals surface area contributed by atoms with Crippen molar-refractivity contribution in [2.45, 2.75) is 19.9 Å². The first-order chi connectivity index (χ1) is 8.13. The summed E-state index contributed by atoms with van der Waals surface area (Å²) in [5.41, 5.74) is 2.11. The smallest absolute Gasteiger partial charge is 0.148 e. The number of nitrogens with zero attached hydrogens (tertiary/aromatic N) is 2. The van der Waals surface area contributed by atoms with E-state index in [-0.39, 0.29) is 6.04 Å². The average Bonchev–Trinajstić information content (AvgIpc) is 2.81. The third kappa shape index (κ3) is 2.49. The molecule has 5 heteroatoms. The SMILES string of the molecule is CNC(C)c1nnc(-c2cccc(Cl)c2C)s1. The van der Waals surface area contributed by atoms with Gasteiger partial charge in [-0.1, -0.05) is 35.1 Å². The Morgan fingerprint density at radius 3 is 2.82 bits per heavy atom. The largest absolute Gasteiger partial charge is 0.311 e. The summed E-state index contributed by atoms with van der Waals surface area (Å²) in [6.45, 7) is 4.06. The summed E-state index contributed by atoms with van der Waals surface area (Å²) in [6, 6.07) is 6.07. The Kier molecular flexibility index (Phi) is 3.76. The third-order valence-corrected chi connectivity index (χ3v) is 4.29. The second-order valence-electron chi connectivity index (χ2n) is 3.87. The molecule has 0 fully saturated rings. The molecule has 1 heterocycles. The predicted molar refractivity (Wildman–Crippen MR) is 72.6 cm³/mol. The summed E-state index contributed by atoms with van der Waals surface area (Å²) < 4.78 is 0. The first-order valence-corrected chi connectivity index (χ1v) is 6.59. The van der Waals surface area contributed by atoms with Crippen LogP contribution in [-0.4, -0.2) is 17.2 Å². The Labute approximate surface area is 110 Å². The average molecular weight is 268 g/mol. The summed E-state index contributed by atoms with van der Waals surface area (Å²) in [7, 11) is 1.91. The van der Waals surface area contributed by atoms with E-state index in [0.717, 1.165) is 26.2 Å². The fraction of sp³-hybridized carbons (Fsp3) is 0.333. The highest BCUT2D eigenvalue weighted by molar-refractivity contribution is 7.14. The summed E-state index contributed by atoms with van der Waals surface area (Å²) in [6.07, 6.45) is 0. The molecular weight excluding hydrogens is 254 g/mol. The minimum absolute atomic E-state index is 0.223. The van der Waals surface area contributed by atoms with Crippen LogP contribution in [0.1, 0.15) is 23.5 Å². The maximum atomic E-state index is 6.10. The standard InChI is InChI=1S/C12H14ClN3S/c1-7-9(5-4-6-10(7)13)12-16-15-11(17-12)8(2)14-3/h4-6,8,14H,1-3H3. The lowest BCUT2D eigenvalue weighted by Gasteiger charge is -2.04. The van der Waals surface area contributed by atoms with Crippen LogP contribution in [-0.2, 0) is 0 Å². The Morgan fingerprint density at radius 2 is 2.12 bits per heavy atom. The molecule has 17 heavy (non-hydrogen) atoms. The van der Waals surface area contributed by atoms with E-state index in [0.29, 0.717) is 0 Å². The van der Waals surface area contributed by atoms with E-state index >= 15 is 0 Å². The zero-order chi connectivity index (χ0) is 12.4. The van der Waals surface area contributed by atoms with E-state index in [9.17, 15) is 0 Å². The molecule has 0 aliphatic carbocycles. The predicted octanol–water partition coefficient (Wildman–Crippen LogP) is 3.45. The quantitative estimate of drug-likeness (QED) is 0.926. The molecule has 1 aromatic heterocycles. The monoisotopic (exact) mass is 267 g/mol. The van der Waals surface area contributed by atoms with E-state index in [4.69, 9.17) is 11.6 Å². The number of hydrogen-bond donors (Lipinski definition) is 1. The highest BCUT2D eigenvalue weighted by Crippen LogP contribution is 2.31. The number of benzene rings is 1. The molecule has 0 aliphatic heterocycles. The van der Waals surface area contributed by atoms with Crippen LogP contribution in [0.25, 0.3) is 10.6 Å². The van der Waals surface area contributed by atoms with Crippen molar-refractivity contribution in [1.82, 2.24) is 15.5 Å². The Balaban J connectivity index is 2.40. The van der Waals surface area contributed by atoms with E-state index in [1.807, 2.05) is 32.2 Å². The molecule has 0 saturated heterocycles. The molecule has 1 aromatic carbocycles. The molecule has 0 aliphatic rings. The summed E-state index contributed by atoms with van der Waals surface area (Å²) in [5, 5.41) is 14.2. The fourth-order valence-corrected chi connectivity index (χ4v) is 2.64. The van der Waals surface area contributed by atoms with Crippen molar-refractivity contribution in [3.8, 4) is 10.6 Å². The van der Waals surface area contributed by atoms with Crippen molar-refractivity contribution in [2.24, 2.45) is 0 Å². The zero-order valence-electron chi connectivity index (χ0n) is 9.99. The molecule has 0 saturated carbocycles. The van der Waals surface area contributed by atoms with Crippen LogP contribution in [0.2, 0.25) is 5.02 Å². The molecule has 0 spiro atoms. The molecule has 3 nitrogen and oxygen atoms in total. The van der Waals surface area contributed by atoms with Gasteiger partial charge in [0.05, 0.1) is 6.04 Å². The first-order valence-electron chi connectivity index (χ1n) is 5.39. The van der Waals surface area contributed by atoms with Crippen LogP contribution in [0.3, 0.4) is 0 Å². The van der Waals surface area contributed by atoms with Gasteiger partial charge in [0.15, 0.2) is 0 Å². The maximum Gasteiger partial charge on any atom is 0.148 e. The van der Waals surface area contributed by atoms with E-state index in [1.165, 1.54) is 0 Å². The van der Waals surface area contributed by atoms with Crippen LogP contribution in [0.5, 0.6) is 0 Å². The Hall–Kier alpha value is -0.970. The summed E-state index contributed by atoms with van der Waals surface area (Å²) >= 11 is 7.70. The highest BCUT2D eigenvalue weighted by atomic mass is 35.5. The molecule has 90 valence electrons. The van der Waals surface area contributed by atoms with Gasteiger partial charge in [0.25, 0.3) is 0 Å². The molecule has 2 rings (SSSR count).